The van der Waals surface area contributed by atoms with Crippen molar-refractivity contribution >= 4 is 5.97 Å². The minimum atomic E-state index is -0.666. The zero-order valence-corrected chi connectivity index (χ0v) is 10.1. The Balaban J connectivity index is 1.81. The number of carboxylic acids is 1. The van der Waals surface area contributed by atoms with Crippen molar-refractivity contribution in [1.82, 2.24) is 5.32 Å². The van der Waals surface area contributed by atoms with E-state index >= 15 is 0 Å². The smallest absolute Gasteiger partial charge is 0.308 e. The summed E-state index contributed by atoms with van der Waals surface area (Å²) in [5.41, 5.74) is 1.30. The summed E-state index contributed by atoms with van der Waals surface area (Å²) in [6.45, 7) is 3.01. The van der Waals surface area contributed by atoms with Crippen LogP contribution in [0.25, 0.3) is 0 Å². The van der Waals surface area contributed by atoms with Gasteiger partial charge in [-0.25, -0.2) is 0 Å². The summed E-state index contributed by atoms with van der Waals surface area (Å²) in [5.74, 6) is -0.426. The molecule has 3 nitrogen and oxygen atoms in total. The normalized spacial score (nSPS) is 25.0. The predicted molar refractivity (Wildman–Crippen MR) is 67.0 cm³/mol. The van der Waals surface area contributed by atoms with Crippen molar-refractivity contribution in [2.24, 2.45) is 5.92 Å². The molecule has 0 spiro atoms. The molecular formula is C14H19NO2. The Labute approximate surface area is 102 Å². The SMILES string of the molecule is CC(CNC1CCC1C(=O)O)c1ccccc1. The van der Waals surface area contributed by atoms with Crippen LogP contribution in [0.4, 0.5) is 0 Å². The number of nitrogens with one attached hydrogen (secondary N) is 1. The molecule has 17 heavy (non-hydrogen) atoms. The van der Waals surface area contributed by atoms with Crippen LogP contribution in [-0.4, -0.2) is 23.7 Å². The van der Waals surface area contributed by atoms with E-state index in [1.165, 1.54) is 5.56 Å². The molecule has 2 rings (SSSR count). The first-order valence-corrected chi connectivity index (χ1v) is 6.19. The van der Waals surface area contributed by atoms with Crippen molar-refractivity contribution in [2.45, 2.75) is 31.7 Å². The summed E-state index contributed by atoms with van der Waals surface area (Å²) >= 11 is 0. The number of rotatable bonds is 5. The number of carboxylic acid groups (broad SMARTS) is 1. The number of hydrogen-bond donors (Lipinski definition) is 2. The summed E-state index contributed by atoms with van der Waals surface area (Å²) in [6.07, 6.45) is 1.80. The Bertz CT molecular complexity index is 377. The molecule has 1 fully saturated rings. The third-order valence-corrected chi connectivity index (χ3v) is 3.65. The summed E-state index contributed by atoms with van der Waals surface area (Å²) in [4.78, 5) is 10.9. The van der Waals surface area contributed by atoms with Crippen LogP contribution in [0.15, 0.2) is 30.3 Å². The third kappa shape index (κ3) is 2.86. The maximum absolute atomic E-state index is 10.9. The quantitative estimate of drug-likeness (QED) is 0.820. The van der Waals surface area contributed by atoms with E-state index in [1.807, 2.05) is 18.2 Å². The highest BCUT2D eigenvalue weighted by atomic mass is 16.4. The first-order chi connectivity index (χ1) is 8.18. The van der Waals surface area contributed by atoms with Crippen LogP contribution >= 0.6 is 0 Å². The van der Waals surface area contributed by atoms with Gasteiger partial charge in [0.05, 0.1) is 5.92 Å². The molecule has 0 aliphatic heterocycles. The second-order valence-corrected chi connectivity index (χ2v) is 4.85. The molecule has 3 unspecified atom stereocenters. The van der Waals surface area contributed by atoms with Gasteiger partial charge in [-0.05, 0) is 24.3 Å². The molecular weight excluding hydrogens is 214 g/mol. The van der Waals surface area contributed by atoms with Crippen LogP contribution in [0.1, 0.15) is 31.2 Å². The van der Waals surface area contributed by atoms with Crippen molar-refractivity contribution < 1.29 is 9.90 Å². The minimum absolute atomic E-state index is 0.165. The molecule has 1 aliphatic carbocycles. The molecule has 1 aromatic rings. The molecule has 1 aliphatic rings. The molecule has 1 aromatic carbocycles. The summed E-state index contributed by atoms with van der Waals surface area (Å²) in [7, 11) is 0. The number of carbonyl (C=O) groups is 1. The van der Waals surface area contributed by atoms with Gasteiger partial charge in [-0.15, -0.1) is 0 Å². The highest BCUT2D eigenvalue weighted by molar-refractivity contribution is 5.72. The van der Waals surface area contributed by atoms with Crippen LogP contribution < -0.4 is 5.32 Å². The van der Waals surface area contributed by atoms with Gasteiger partial charge in [0.25, 0.3) is 0 Å². The maximum atomic E-state index is 10.9. The Hall–Kier alpha value is -1.35. The second kappa shape index (κ2) is 5.32. The Kier molecular flexibility index (Phi) is 3.79. The van der Waals surface area contributed by atoms with Crippen LogP contribution in [0.2, 0.25) is 0 Å². The standard InChI is InChI=1S/C14H19NO2/c1-10(11-5-3-2-4-6-11)9-15-13-8-7-12(13)14(16)17/h2-6,10,12-13,15H,7-9H2,1H3,(H,16,17). The summed E-state index contributed by atoms with van der Waals surface area (Å²) in [5, 5.41) is 12.3. The first-order valence-electron chi connectivity index (χ1n) is 6.19. The Morgan fingerprint density at radius 3 is 2.65 bits per heavy atom. The monoisotopic (exact) mass is 233 g/mol. The van der Waals surface area contributed by atoms with Gasteiger partial charge in [-0.2, -0.15) is 0 Å². The third-order valence-electron chi connectivity index (χ3n) is 3.65. The largest absolute Gasteiger partial charge is 0.481 e. The molecule has 0 radical (unpaired) electrons. The van der Waals surface area contributed by atoms with Crippen molar-refractivity contribution in [3.8, 4) is 0 Å². The second-order valence-electron chi connectivity index (χ2n) is 4.85. The number of benzene rings is 1. The average molecular weight is 233 g/mol. The summed E-state index contributed by atoms with van der Waals surface area (Å²) in [6, 6.07) is 10.5. The highest BCUT2D eigenvalue weighted by Gasteiger charge is 2.36. The molecule has 3 heteroatoms. The fourth-order valence-corrected chi connectivity index (χ4v) is 2.27. The van der Waals surface area contributed by atoms with Crippen LogP contribution in [0.5, 0.6) is 0 Å². The van der Waals surface area contributed by atoms with Gasteiger partial charge in [0.15, 0.2) is 0 Å². The fourth-order valence-electron chi connectivity index (χ4n) is 2.27. The Morgan fingerprint density at radius 1 is 1.41 bits per heavy atom. The summed E-state index contributed by atoms with van der Waals surface area (Å²) < 4.78 is 0. The van der Waals surface area contributed by atoms with Crippen molar-refractivity contribution in [3.63, 3.8) is 0 Å². The highest BCUT2D eigenvalue weighted by Crippen LogP contribution is 2.28. The lowest BCUT2D eigenvalue weighted by Gasteiger charge is -2.35. The lowest BCUT2D eigenvalue weighted by atomic mass is 9.79. The number of aliphatic carboxylic acids is 1. The van der Waals surface area contributed by atoms with Crippen LogP contribution in [0.3, 0.4) is 0 Å². The molecule has 2 N–H and O–H groups in total. The van der Waals surface area contributed by atoms with Crippen molar-refractivity contribution in [1.29, 1.82) is 0 Å². The van der Waals surface area contributed by atoms with E-state index in [0.29, 0.717) is 5.92 Å². The maximum Gasteiger partial charge on any atom is 0.308 e. The van der Waals surface area contributed by atoms with E-state index in [4.69, 9.17) is 5.11 Å². The molecule has 0 aromatic heterocycles. The van der Waals surface area contributed by atoms with Crippen molar-refractivity contribution in [2.75, 3.05) is 6.54 Å². The Morgan fingerprint density at radius 2 is 2.12 bits per heavy atom. The average Bonchev–Trinajstić information content (AvgIpc) is 2.28. The van der Waals surface area contributed by atoms with E-state index in [0.717, 1.165) is 19.4 Å². The van der Waals surface area contributed by atoms with Gasteiger partial charge in [0.1, 0.15) is 0 Å². The van der Waals surface area contributed by atoms with E-state index in [1.54, 1.807) is 0 Å². The van der Waals surface area contributed by atoms with Crippen LogP contribution in [-0.2, 0) is 4.79 Å². The molecule has 0 saturated heterocycles. The molecule has 0 bridgehead atoms. The lowest BCUT2D eigenvalue weighted by molar-refractivity contribution is -0.146. The van der Waals surface area contributed by atoms with Gasteiger partial charge in [-0.3, -0.25) is 4.79 Å². The molecule has 3 atom stereocenters. The fraction of sp³-hybridized carbons (Fsp3) is 0.500. The van der Waals surface area contributed by atoms with Gasteiger partial charge >= 0.3 is 5.97 Å². The lowest BCUT2D eigenvalue weighted by Crippen LogP contribution is -2.48. The van der Waals surface area contributed by atoms with Crippen LogP contribution in [0, 0.1) is 5.92 Å². The predicted octanol–water partition coefficient (Wildman–Crippen LogP) is 2.24. The van der Waals surface area contributed by atoms with E-state index in [2.05, 4.69) is 24.4 Å². The zero-order chi connectivity index (χ0) is 12.3. The first kappa shape index (κ1) is 12.1. The van der Waals surface area contributed by atoms with Crippen molar-refractivity contribution in [3.05, 3.63) is 35.9 Å². The molecule has 0 amide bonds. The zero-order valence-electron chi connectivity index (χ0n) is 10.1. The van der Waals surface area contributed by atoms with Gasteiger partial charge in [-0.1, -0.05) is 37.3 Å². The number of hydrogen-bond acceptors (Lipinski definition) is 2. The van der Waals surface area contributed by atoms with E-state index < -0.39 is 5.97 Å². The van der Waals surface area contributed by atoms with Gasteiger partial charge in [0, 0.05) is 12.6 Å². The topological polar surface area (TPSA) is 49.3 Å². The molecule has 1 saturated carbocycles. The molecule has 0 heterocycles. The van der Waals surface area contributed by atoms with E-state index in [-0.39, 0.29) is 12.0 Å². The van der Waals surface area contributed by atoms with E-state index in [9.17, 15) is 4.79 Å². The van der Waals surface area contributed by atoms with Gasteiger partial charge < -0.3 is 10.4 Å². The molecule has 92 valence electrons. The minimum Gasteiger partial charge on any atom is -0.481 e. The van der Waals surface area contributed by atoms with Gasteiger partial charge in [0.2, 0.25) is 0 Å².